The summed E-state index contributed by atoms with van der Waals surface area (Å²) in [5, 5.41) is 0. The standard InChI is InChI=1S/C14H12F3NO6S2/c1-22-12(19)10-11(18-25-13(10)26(2,20)21)23-6-7-3-4-9(8(15)5-7)24-14(16)17/h3-5,14H,6H2,1-2H3. The van der Waals surface area contributed by atoms with Gasteiger partial charge in [-0.25, -0.2) is 17.6 Å². The van der Waals surface area contributed by atoms with Gasteiger partial charge in [-0.2, -0.15) is 13.2 Å². The van der Waals surface area contributed by atoms with Crippen molar-refractivity contribution in [2.45, 2.75) is 17.4 Å². The molecular formula is C14H12F3NO6S2. The lowest BCUT2D eigenvalue weighted by Gasteiger charge is -2.09. The van der Waals surface area contributed by atoms with Gasteiger partial charge < -0.3 is 14.2 Å². The highest BCUT2D eigenvalue weighted by Gasteiger charge is 2.29. The number of carbonyl (C=O) groups is 1. The second-order valence-electron chi connectivity index (χ2n) is 4.85. The number of carbonyl (C=O) groups excluding carboxylic acids is 1. The number of sulfone groups is 1. The van der Waals surface area contributed by atoms with Gasteiger partial charge in [0.05, 0.1) is 7.11 Å². The van der Waals surface area contributed by atoms with E-state index in [0.29, 0.717) is 11.5 Å². The molecule has 7 nitrogen and oxygen atoms in total. The number of alkyl halides is 2. The van der Waals surface area contributed by atoms with Crippen LogP contribution in [0.25, 0.3) is 0 Å². The molecule has 0 saturated carbocycles. The van der Waals surface area contributed by atoms with Gasteiger partial charge in [-0.05, 0) is 29.2 Å². The number of hydrogen-bond donors (Lipinski definition) is 0. The Morgan fingerprint density at radius 3 is 2.58 bits per heavy atom. The first-order chi connectivity index (χ1) is 12.1. The quantitative estimate of drug-likeness (QED) is 0.647. The third-order valence-corrected chi connectivity index (χ3v) is 5.58. The molecule has 12 heteroatoms. The zero-order valence-electron chi connectivity index (χ0n) is 13.4. The van der Waals surface area contributed by atoms with Crippen molar-refractivity contribution in [3.8, 4) is 11.6 Å². The maximum absolute atomic E-state index is 13.7. The van der Waals surface area contributed by atoms with Crippen molar-refractivity contribution >= 4 is 27.3 Å². The lowest BCUT2D eigenvalue weighted by Crippen LogP contribution is -2.09. The van der Waals surface area contributed by atoms with Gasteiger partial charge in [-0.1, -0.05) is 6.07 Å². The van der Waals surface area contributed by atoms with E-state index in [9.17, 15) is 26.4 Å². The van der Waals surface area contributed by atoms with Gasteiger partial charge in [0.25, 0.3) is 0 Å². The summed E-state index contributed by atoms with van der Waals surface area (Å²) in [7, 11) is -2.68. The number of rotatable bonds is 7. The van der Waals surface area contributed by atoms with Crippen LogP contribution in [0.3, 0.4) is 0 Å². The zero-order chi connectivity index (χ0) is 19.5. The molecule has 0 aliphatic heterocycles. The second-order valence-corrected chi connectivity index (χ2v) is 7.83. The van der Waals surface area contributed by atoms with E-state index in [1.54, 1.807) is 0 Å². The van der Waals surface area contributed by atoms with Gasteiger partial charge in [-0.3, -0.25) is 0 Å². The van der Waals surface area contributed by atoms with Gasteiger partial charge in [0, 0.05) is 6.26 Å². The number of halogens is 3. The summed E-state index contributed by atoms with van der Waals surface area (Å²) < 4.78 is 78.6. The van der Waals surface area contributed by atoms with Gasteiger partial charge in [0.15, 0.2) is 31.2 Å². The van der Waals surface area contributed by atoms with E-state index in [4.69, 9.17) is 4.74 Å². The molecule has 1 heterocycles. The van der Waals surface area contributed by atoms with Gasteiger partial charge in [0.1, 0.15) is 6.61 Å². The van der Waals surface area contributed by atoms with Crippen LogP contribution in [0.5, 0.6) is 11.6 Å². The molecule has 1 aromatic carbocycles. The fourth-order valence-corrected chi connectivity index (χ4v) is 3.63. The molecule has 2 rings (SSSR count). The van der Waals surface area contributed by atoms with Crippen molar-refractivity contribution in [1.29, 1.82) is 0 Å². The molecule has 0 aliphatic carbocycles. The molecule has 0 N–H and O–H groups in total. The number of methoxy groups -OCH3 is 1. The molecular weight excluding hydrogens is 399 g/mol. The molecule has 0 radical (unpaired) electrons. The highest BCUT2D eigenvalue weighted by atomic mass is 32.2. The molecule has 0 spiro atoms. The van der Waals surface area contributed by atoms with E-state index >= 15 is 0 Å². The monoisotopic (exact) mass is 411 g/mol. The van der Waals surface area contributed by atoms with Crippen LogP contribution in [0.2, 0.25) is 0 Å². The summed E-state index contributed by atoms with van der Waals surface area (Å²) in [6.45, 7) is -3.47. The molecule has 1 aromatic heterocycles. The van der Waals surface area contributed by atoms with E-state index in [-0.39, 0.29) is 27.8 Å². The Morgan fingerprint density at radius 2 is 2.04 bits per heavy atom. The van der Waals surface area contributed by atoms with Crippen molar-refractivity contribution in [3.63, 3.8) is 0 Å². The van der Waals surface area contributed by atoms with E-state index in [2.05, 4.69) is 13.8 Å². The van der Waals surface area contributed by atoms with Crippen molar-refractivity contribution in [1.82, 2.24) is 4.37 Å². The predicted octanol–water partition coefficient (Wildman–Crippen LogP) is 2.65. The molecule has 0 atom stereocenters. The smallest absolute Gasteiger partial charge is 0.387 e. The van der Waals surface area contributed by atoms with Crippen molar-refractivity contribution in [2.24, 2.45) is 0 Å². The minimum atomic E-state index is -3.75. The molecule has 142 valence electrons. The fourth-order valence-electron chi connectivity index (χ4n) is 1.86. The molecule has 26 heavy (non-hydrogen) atoms. The Hall–Kier alpha value is -2.34. The number of benzene rings is 1. The number of nitrogens with zero attached hydrogens (tertiary/aromatic N) is 1. The Kier molecular flexibility index (Phi) is 6.08. The first-order valence-electron chi connectivity index (χ1n) is 6.77. The zero-order valence-corrected chi connectivity index (χ0v) is 15.0. The van der Waals surface area contributed by atoms with E-state index in [1.807, 2.05) is 0 Å². The molecule has 0 unspecified atom stereocenters. The molecule has 2 aromatic rings. The average Bonchev–Trinajstić information content (AvgIpc) is 2.98. The fraction of sp³-hybridized carbons (Fsp3) is 0.286. The lowest BCUT2D eigenvalue weighted by atomic mass is 10.2. The predicted molar refractivity (Wildman–Crippen MR) is 83.9 cm³/mol. The topological polar surface area (TPSA) is 91.8 Å². The number of ether oxygens (including phenoxy) is 3. The highest BCUT2D eigenvalue weighted by molar-refractivity contribution is 7.92. The molecule has 0 amide bonds. The first kappa shape index (κ1) is 20.0. The largest absolute Gasteiger partial charge is 0.472 e. The summed E-state index contributed by atoms with van der Waals surface area (Å²) >= 11 is 0.533. The van der Waals surface area contributed by atoms with E-state index < -0.39 is 34.0 Å². The van der Waals surface area contributed by atoms with Crippen molar-refractivity contribution in [3.05, 3.63) is 35.1 Å². The Labute approximate surface area is 150 Å². The summed E-state index contributed by atoms with van der Waals surface area (Å²) in [4.78, 5) is 11.8. The molecule has 0 bridgehead atoms. The Bertz CT molecular complexity index is 913. The van der Waals surface area contributed by atoms with Gasteiger partial charge >= 0.3 is 12.6 Å². The number of hydrogen-bond acceptors (Lipinski definition) is 8. The van der Waals surface area contributed by atoms with Crippen LogP contribution in [0.15, 0.2) is 22.4 Å². The minimum absolute atomic E-state index is 0.217. The lowest BCUT2D eigenvalue weighted by molar-refractivity contribution is -0.0522. The summed E-state index contributed by atoms with van der Waals surface area (Å²) in [5.41, 5.74) is -0.146. The van der Waals surface area contributed by atoms with Crippen LogP contribution in [0.1, 0.15) is 15.9 Å². The van der Waals surface area contributed by atoms with Gasteiger partial charge in [0.2, 0.25) is 5.88 Å². The SMILES string of the molecule is COC(=O)c1c(OCc2ccc(OC(F)F)c(F)c2)nsc1S(C)(=O)=O. The van der Waals surface area contributed by atoms with Crippen LogP contribution < -0.4 is 9.47 Å². The van der Waals surface area contributed by atoms with E-state index in [0.717, 1.165) is 25.5 Å². The minimum Gasteiger partial charge on any atom is -0.472 e. The molecule has 0 aliphatic rings. The van der Waals surface area contributed by atoms with Crippen molar-refractivity contribution < 1.29 is 40.6 Å². The third kappa shape index (κ3) is 4.64. The maximum atomic E-state index is 13.7. The summed E-state index contributed by atoms with van der Waals surface area (Å²) in [5.74, 6) is -2.92. The van der Waals surface area contributed by atoms with Crippen LogP contribution in [0.4, 0.5) is 13.2 Å². The van der Waals surface area contributed by atoms with E-state index in [1.165, 1.54) is 6.07 Å². The first-order valence-corrected chi connectivity index (χ1v) is 9.44. The Morgan fingerprint density at radius 1 is 1.35 bits per heavy atom. The van der Waals surface area contributed by atoms with Crippen LogP contribution in [-0.4, -0.2) is 38.7 Å². The Balaban J connectivity index is 2.23. The van der Waals surface area contributed by atoms with Crippen LogP contribution in [0, 0.1) is 5.82 Å². The third-order valence-electron chi connectivity index (χ3n) is 2.94. The number of esters is 1. The van der Waals surface area contributed by atoms with Crippen LogP contribution in [-0.2, 0) is 21.2 Å². The normalized spacial score (nSPS) is 11.5. The molecule has 0 fully saturated rings. The summed E-state index contributed by atoms with van der Waals surface area (Å²) in [6, 6.07) is 3.16. The number of aromatic nitrogens is 1. The average molecular weight is 411 g/mol. The van der Waals surface area contributed by atoms with Crippen LogP contribution >= 0.6 is 11.5 Å². The second kappa shape index (κ2) is 7.91. The van der Waals surface area contributed by atoms with Gasteiger partial charge in [-0.15, -0.1) is 0 Å². The maximum Gasteiger partial charge on any atom is 0.387 e. The highest BCUT2D eigenvalue weighted by Crippen LogP contribution is 2.31. The summed E-state index contributed by atoms with van der Waals surface area (Å²) in [6.07, 6.45) is 0.897. The van der Waals surface area contributed by atoms with Crippen molar-refractivity contribution in [2.75, 3.05) is 13.4 Å². The molecule has 0 saturated heterocycles.